The van der Waals surface area contributed by atoms with Gasteiger partial charge in [-0.15, -0.1) is 0 Å². The molecule has 0 aromatic carbocycles. The first-order valence-corrected chi connectivity index (χ1v) is 14.0. The average molecular weight is 489 g/mol. The van der Waals surface area contributed by atoms with Gasteiger partial charge in [0.05, 0.1) is 24.2 Å². The maximum atomic E-state index is 12.8. The number of carboxylic acids is 1. The fourth-order valence-electron chi connectivity index (χ4n) is 10.8. The molecule has 10 atom stereocenters. The highest BCUT2D eigenvalue weighted by Gasteiger charge is 2.70. The molecule has 0 bridgehead atoms. The third-order valence-electron chi connectivity index (χ3n) is 13.2. The van der Waals surface area contributed by atoms with E-state index in [1.807, 2.05) is 6.92 Å². The zero-order valence-corrected chi connectivity index (χ0v) is 22.7. The molecule has 4 saturated carbocycles. The summed E-state index contributed by atoms with van der Waals surface area (Å²) in [5, 5.41) is 42.8. The van der Waals surface area contributed by atoms with Gasteiger partial charge in [-0.2, -0.15) is 0 Å². The van der Waals surface area contributed by atoms with Crippen molar-refractivity contribution in [2.45, 2.75) is 112 Å². The van der Waals surface area contributed by atoms with E-state index >= 15 is 0 Å². The van der Waals surface area contributed by atoms with Crippen LogP contribution in [0.2, 0.25) is 0 Å². The van der Waals surface area contributed by atoms with Gasteiger partial charge in [-0.1, -0.05) is 53.2 Å². The van der Waals surface area contributed by atoms with Crippen LogP contribution < -0.4 is 0 Å². The number of aliphatic hydroxyl groups excluding tert-OH is 3. The summed E-state index contributed by atoms with van der Waals surface area (Å²) in [5.41, 5.74) is -0.0632. The Hall–Kier alpha value is -0.910. The predicted molar refractivity (Wildman–Crippen MR) is 135 cm³/mol. The van der Waals surface area contributed by atoms with Crippen molar-refractivity contribution in [3.63, 3.8) is 0 Å². The van der Waals surface area contributed by atoms with Crippen molar-refractivity contribution in [2.75, 3.05) is 6.61 Å². The summed E-state index contributed by atoms with van der Waals surface area (Å²) in [7, 11) is 0. The Morgan fingerprint density at radius 3 is 2.23 bits per heavy atom. The lowest BCUT2D eigenvalue weighted by atomic mass is 9.33. The number of aliphatic carboxylic acids is 1. The van der Waals surface area contributed by atoms with Crippen molar-refractivity contribution >= 4 is 5.97 Å². The van der Waals surface area contributed by atoms with Crippen LogP contribution in [0.4, 0.5) is 0 Å². The minimum atomic E-state index is -0.907. The van der Waals surface area contributed by atoms with E-state index in [2.05, 4.69) is 40.7 Å². The highest BCUT2D eigenvalue weighted by Crippen LogP contribution is 2.75. The molecule has 5 aliphatic carbocycles. The Balaban J connectivity index is 1.61. The summed E-state index contributed by atoms with van der Waals surface area (Å²) in [5.74, 6) is -0.0472. The smallest absolute Gasteiger partial charge is 0.310 e. The second kappa shape index (κ2) is 7.57. The molecule has 5 heteroatoms. The van der Waals surface area contributed by atoms with E-state index in [1.165, 1.54) is 5.57 Å². The number of carbonyl (C=O) groups is 1. The second-order valence-corrected chi connectivity index (χ2v) is 15.1. The second-order valence-electron chi connectivity index (χ2n) is 15.1. The third kappa shape index (κ3) is 3.07. The van der Waals surface area contributed by atoms with E-state index < -0.39 is 29.0 Å². The van der Waals surface area contributed by atoms with Gasteiger partial charge in [-0.05, 0) is 97.2 Å². The largest absolute Gasteiger partial charge is 0.481 e. The first-order chi connectivity index (χ1) is 16.1. The third-order valence-corrected chi connectivity index (χ3v) is 13.2. The van der Waals surface area contributed by atoms with E-state index in [0.717, 1.165) is 51.4 Å². The normalized spacial score (nSPS) is 55.0. The van der Waals surface area contributed by atoms with E-state index in [4.69, 9.17) is 0 Å². The molecule has 0 spiro atoms. The van der Waals surface area contributed by atoms with Crippen molar-refractivity contribution in [3.8, 4) is 0 Å². The summed E-state index contributed by atoms with van der Waals surface area (Å²) in [6.07, 6.45) is 8.40. The first-order valence-electron chi connectivity index (χ1n) is 14.0. The van der Waals surface area contributed by atoms with E-state index in [9.17, 15) is 25.2 Å². The number of hydrogen-bond donors (Lipinski definition) is 4. The zero-order valence-electron chi connectivity index (χ0n) is 22.7. The number of hydrogen-bond acceptors (Lipinski definition) is 4. The molecule has 4 N–H and O–H groups in total. The Bertz CT molecular complexity index is 941. The van der Waals surface area contributed by atoms with Crippen LogP contribution in [-0.4, -0.2) is 45.2 Å². The van der Waals surface area contributed by atoms with Crippen molar-refractivity contribution < 1.29 is 25.2 Å². The average Bonchev–Trinajstić information content (AvgIpc) is 2.77. The van der Waals surface area contributed by atoms with Crippen LogP contribution in [0.1, 0.15) is 99.3 Å². The van der Waals surface area contributed by atoms with Crippen molar-refractivity contribution in [2.24, 2.45) is 50.2 Å². The monoisotopic (exact) mass is 488 g/mol. The summed E-state index contributed by atoms with van der Waals surface area (Å²) in [4.78, 5) is 12.8. The molecule has 5 nitrogen and oxygen atoms in total. The van der Waals surface area contributed by atoms with Gasteiger partial charge < -0.3 is 20.4 Å². The van der Waals surface area contributed by atoms with Gasteiger partial charge in [0, 0.05) is 5.41 Å². The van der Waals surface area contributed by atoms with Gasteiger partial charge in [-0.3, -0.25) is 4.79 Å². The summed E-state index contributed by atoms with van der Waals surface area (Å²) in [6, 6.07) is 0. The van der Waals surface area contributed by atoms with Crippen LogP contribution in [0.25, 0.3) is 0 Å². The van der Waals surface area contributed by atoms with Crippen LogP contribution in [0.5, 0.6) is 0 Å². The zero-order chi connectivity index (χ0) is 25.8. The van der Waals surface area contributed by atoms with Crippen LogP contribution in [0, 0.1) is 50.2 Å². The highest BCUT2D eigenvalue weighted by molar-refractivity contribution is 5.76. The van der Waals surface area contributed by atoms with Gasteiger partial charge >= 0.3 is 5.97 Å². The molecule has 0 aliphatic heterocycles. The Kier molecular flexibility index (Phi) is 5.56. The maximum absolute atomic E-state index is 12.8. The molecule has 0 radical (unpaired) electrons. The summed E-state index contributed by atoms with van der Waals surface area (Å²) >= 11 is 0. The summed E-state index contributed by atoms with van der Waals surface area (Å²) < 4.78 is 0. The van der Waals surface area contributed by atoms with Gasteiger partial charge in [0.2, 0.25) is 0 Å². The van der Waals surface area contributed by atoms with Gasteiger partial charge in [0.15, 0.2) is 0 Å². The Morgan fingerprint density at radius 2 is 1.60 bits per heavy atom. The molecule has 0 aromatic heterocycles. The van der Waals surface area contributed by atoms with E-state index in [1.54, 1.807) is 0 Å². The van der Waals surface area contributed by atoms with Crippen LogP contribution >= 0.6 is 0 Å². The topological polar surface area (TPSA) is 98.0 Å². The minimum absolute atomic E-state index is 0.00698. The lowest BCUT2D eigenvalue weighted by Crippen LogP contribution is -2.68. The maximum Gasteiger partial charge on any atom is 0.310 e. The molecule has 3 unspecified atom stereocenters. The van der Waals surface area contributed by atoms with E-state index in [-0.39, 0.29) is 40.1 Å². The van der Waals surface area contributed by atoms with Crippen LogP contribution in [0.3, 0.4) is 0 Å². The molecule has 0 heterocycles. The highest BCUT2D eigenvalue weighted by atomic mass is 16.4. The molecular formula is C30H48O5. The molecule has 5 aliphatic rings. The number of allylic oxidation sites excluding steroid dienone is 2. The van der Waals surface area contributed by atoms with E-state index in [0.29, 0.717) is 12.3 Å². The predicted octanol–water partition coefficient (Wildman–Crippen LogP) is 5.18. The van der Waals surface area contributed by atoms with Crippen molar-refractivity contribution in [1.29, 1.82) is 0 Å². The number of aliphatic hydroxyl groups is 3. The lowest BCUT2D eigenvalue weighted by molar-refractivity contribution is -0.243. The molecule has 198 valence electrons. The fourth-order valence-corrected chi connectivity index (χ4v) is 10.8. The van der Waals surface area contributed by atoms with Crippen molar-refractivity contribution in [1.82, 2.24) is 0 Å². The van der Waals surface area contributed by atoms with Gasteiger partial charge in [-0.25, -0.2) is 0 Å². The molecule has 0 saturated heterocycles. The Labute approximate surface area is 211 Å². The quantitative estimate of drug-likeness (QED) is 0.402. The van der Waals surface area contributed by atoms with Crippen molar-refractivity contribution in [3.05, 3.63) is 11.6 Å². The molecule has 4 fully saturated rings. The lowest BCUT2D eigenvalue weighted by Gasteiger charge is -2.71. The van der Waals surface area contributed by atoms with Crippen LogP contribution in [-0.2, 0) is 4.79 Å². The van der Waals surface area contributed by atoms with Gasteiger partial charge in [0.1, 0.15) is 0 Å². The van der Waals surface area contributed by atoms with Crippen LogP contribution in [0.15, 0.2) is 11.6 Å². The SMILES string of the molecule is CC1(C)CC[C@]2(C(=O)O)CC[C@]3(C)C(=CCC4[C@@]5(C)C[C@@H](O)[C@H](O)[C@@](C)(CO)C5CC[C@]43C)C2C1. The molecule has 35 heavy (non-hydrogen) atoms. The molecule has 5 rings (SSSR count). The van der Waals surface area contributed by atoms with Gasteiger partial charge in [0.25, 0.3) is 0 Å². The first kappa shape index (κ1) is 25.7. The minimum Gasteiger partial charge on any atom is -0.481 e. The molecular weight excluding hydrogens is 440 g/mol. The summed E-state index contributed by atoms with van der Waals surface area (Å²) in [6.45, 7) is 13.6. The molecule has 0 amide bonds. The molecule has 0 aromatic rings. The standard InChI is InChI=1S/C30H48O5/c1-25(2)11-13-30(24(34)35)14-12-28(5)18(19(30)15-25)7-8-22-26(3)16-20(32)23(33)27(4,17-31)21(26)9-10-29(22,28)6/h7,19-23,31-33H,8-17H2,1-6H3,(H,34,35)/t19?,20-,21?,22?,23+,26+,27+,28-,29-,30+/m1/s1. The number of carboxylic acid groups (broad SMARTS) is 1. The number of fused-ring (bicyclic) bond motifs is 7. The Morgan fingerprint density at radius 1 is 0.943 bits per heavy atom. The number of rotatable bonds is 2. The fraction of sp³-hybridized carbons (Fsp3) is 0.900.